The molecule has 1 atom stereocenters. The fourth-order valence-corrected chi connectivity index (χ4v) is 5.07. The van der Waals surface area contributed by atoms with E-state index in [0.29, 0.717) is 23.4 Å². The molecule has 0 unspecified atom stereocenters. The Bertz CT molecular complexity index is 1280. The van der Waals surface area contributed by atoms with E-state index in [9.17, 15) is 18.0 Å². The largest absolute Gasteiger partial charge is 0.350 e. The molecular formula is C27H31N3O4S. The van der Waals surface area contributed by atoms with Gasteiger partial charge in [-0.15, -0.1) is 0 Å². The van der Waals surface area contributed by atoms with E-state index in [-0.39, 0.29) is 16.8 Å². The molecule has 0 fully saturated rings. The minimum absolute atomic E-state index is 0.0247. The van der Waals surface area contributed by atoms with E-state index < -0.39 is 22.5 Å². The van der Waals surface area contributed by atoms with E-state index in [4.69, 9.17) is 0 Å². The first-order valence-corrected chi connectivity index (χ1v) is 13.1. The second-order valence-corrected chi connectivity index (χ2v) is 10.0. The lowest BCUT2D eigenvalue weighted by molar-refractivity contribution is -0.114. The summed E-state index contributed by atoms with van der Waals surface area (Å²) in [6.45, 7) is 5.35. The Morgan fingerprint density at radius 2 is 1.51 bits per heavy atom. The first-order valence-electron chi connectivity index (χ1n) is 11.6. The van der Waals surface area contributed by atoms with Crippen LogP contribution >= 0.6 is 0 Å². The van der Waals surface area contributed by atoms with Crippen molar-refractivity contribution in [1.29, 1.82) is 0 Å². The number of hydrogen-bond donors (Lipinski definition) is 2. The molecule has 0 spiro atoms. The van der Waals surface area contributed by atoms with Gasteiger partial charge in [0.05, 0.1) is 21.8 Å². The Labute approximate surface area is 207 Å². The third kappa shape index (κ3) is 6.27. The second kappa shape index (κ2) is 11.7. The van der Waals surface area contributed by atoms with Gasteiger partial charge in [0.2, 0.25) is 5.91 Å². The summed E-state index contributed by atoms with van der Waals surface area (Å²) in [5, 5.41) is 5.63. The van der Waals surface area contributed by atoms with Gasteiger partial charge in [0, 0.05) is 6.04 Å². The van der Waals surface area contributed by atoms with Crippen LogP contribution in [0.25, 0.3) is 0 Å². The molecule has 35 heavy (non-hydrogen) atoms. The summed E-state index contributed by atoms with van der Waals surface area (Å²) in [5.41, 5.74) is 1.87. The van der Waals surface area contributed by atoms with Gasteiger partial charge >= 0.3 is 0 Å². The van der Waals surface area contributed by atoms with Crippen molar-refractivity contribution in [3.8, 4) is 0 Å². The van der Waals surface area contributed by atoms with E-state index >= 15 is 0 Å². The monoisotopic (exact) mass is 493 g/mol. The SMILES string of the molecule is CCc1ccccc1N(CC(=O)Nc1ccccc1C(=O)N[C@H](C)CC)S(=O)(=O)c1ccccc1. The van der Waals surface area contributed by atoms with Crippen LogP contribution in [0.4, 0.5) is 11.4 Å². The topological polar surface area (TPSA) is 95.6 Å². The van der Waals surface area contributed by atoms with Crippen LogP contribution < -0.4 is 14.9 Å². The first-order chi connectivity index (χ1) is 16.8. The molecule has 3 aromatic rings. The van der Waals surface area contributed by atoms with Crippen LogP contribution in [0.2, 0.25) is 0 Å². The Hall–Kier alpha value is -3.65. The van der Waals surface area contributed by atoms with Gasteiger partial charge in [-0.3, -0.25) is 13.9 Å². The van der Waals surface area contributed by atoms with Gasteiger partial charge < -0.3 is 10.6 Å². The highest BCUT2D eigenvalue weighted by atomic mass is 32.2. The van der Waals surface area contributed by atoms with Crippen molar-refractivity contribution in [2.75, 3.05) is 16.2 Å². The third-order valence-corrected chi connectivity index (χ3v) is 7.47. The third-order valence-electron chi connectivity index (χ3n) is 5.70. The van der Waals surface area contributed by atoms with Gasteiger partial charge in [0.15, 0.2) is 0 Å². The number of rotatable bonds is 10. The van der Waals surface area contributed by atoms with Gasteiger partial charge in [-0.05, 0) is 55.7 Å². The average Bonchev–Trinajstić information content (AvgIpc) is 2.87. The summed E-state index contributed by atoms with van der Waals surface area (Å²) in [6, 6.07) is 21.8. The predicted molar refractivity (Wildman–Crippen MR) is 139 cm³/mol. The van der Waals surface area contributed by atoms with E-state index in [1.165, 1.54) is 12.1 Å². The summed E-state index contributed by atoms with van der Waals surface area (Å²) in [6.07, 6.45) is 1.36. The summed E-state index contributed by atoms with van der Waals surface area (Å²) in [5.74, 6) is -0.862. The zero-order valence-corrected chi connectivity index (χ0v) is 21.0. The first kappa shape index (κ1) is 26.0. The Balaban J connectivity index is 1.94. The number of amides is 2. The fraction of sp³-hybridized carbons (Fsp3) is 0.259. The number of para-hydroxylation sites is 2. The molecule has 3 aromatic carbocycles. The smallest absolute Gasteiger partial charge is 0.264 e. The maximum atomic E-state index is 13.6. The Morgan fingerprint density at radius 3 is 2.20 bits per heavy atom. The molecule has 2 amide bonds. The van der Waals surface area contributed by atoms with Crippen LogP contribution in [0.1, 0.15) is 43.1 Å². The van der Waals surface area contributed by atoms with E-state index in [1.807, 2.05) is 32.9 Å². The summed E-state index contributed by atoms with van der Waals surface area (Å²) >= 11 is 0. The van der Waals surface area contributed by atoms with Crippen molar-refractivity contribution in [3.63, 3.8) is 0 Å². The highest BCUT2D eigenvalue weighted by molar-refractivity contribution is 7.92. The molecule has 7 nitrogen and oxygen atoms in total. The van der Waals surface area contributed by atoms with Crippen LogP contribution in [0, 0.1) is 0 Å². The molecule has 0 bridgehead atoms. The number of carbonyl (C=O) groups is 2. The molecule has 0 radical (unpaired) electrons. The molecule has 0 heterocycles. The van der Waals surface area contributed by atoms with Crippen LogP contribution in [-0.2, 0) is 21.2 Å². The molecular weight excluding hydrogens is 462 g/mol. The lowest BCUT2D eigenvalue weighted by Crippen LogP contribution is -2.39. The lowest BCUT2D eigenvalue weighted by Gasteiger charge is -2.26. The van der Waals surface area contributed by atoms with Crippen LogP contribution in [0.3, 0.4) is 0 Å². The van der Waals surface area contributed by atoms with E-state index in [1.54, 1.807) is 54.6 Å². The summed E-state index contributed by atoms with van der Waals surface area (Å²) in [4.78, 5) is 26.0. The molecule has 3 rings (SSSR count). The quantitative estimate of drug-likeness (QED) is 0.431. The van der Waals surface area contributed by atoms with Crippen LogP contribution in [0.15, 0.2) is 83.8 Å². The number of benzene rings is 3. The lowest BCUT2D eigenvalue weighted by atomic mass is 10.1. The Morgan fingerprint density at radius 1 is 0.886 bits per heavy atom. The second-order valence-electron chi connectivity index (χ2n) is 8.18. The van der Waals surface area contributed by atoms with Crippen molar-refractivity contribution in [2.45, 2.75) is 44.6 Å². The van der Waals surface area contributed by atoms with Gasteiger partial charge in [0.25, 0.3) is 15.9 Å². The molecule has 0 aliphatic rings. The van der Waals surface area contributed by atoms with Gasteiger partial charge in [-0.1, -0.05) is 62.4 Å². The molecule has 2 N–H and O–H groups in total. The normalized spacial score (nSPS) is 12.0. The number of sulfonamides is 1. The maximum Gasteiger partial charge on any atom is 0.264 e. The van der Waals surface area contributed by atoms with E-state index in [0.717, 1.165) is 16.3 Å². The van der Waals surface area contributed by atoms with Crippen LogP contribution in [0.5, 0.6) is 0 Å². The highest BCUT2D eigenvalue weighted by Gasteiger charge is 2.29. The number of nitrogens with zero attached hydrogens (tertiary/aromatic N) is 1. The number of aryl methyl sites for hydroxylation is 1. The summed E-state index contributed by atoms with van der Waals surface area (Å²) < 4.78 is 28.3. The molecule has 0 aliphatic heterocycles. The highest BCUT2D eigenvalue weighted by Crippen LogP contribution is 2.28. The molecule has 0 aliphatic carbocycles. The number of anilines is 2. The zero-order chi connectivity index (χ0) is 25.4. The molecule has 0 saturated heterocycles. The Kier molecular flexibility index (Phi) is 8.65. The minimum Gasteiger partial charge on any atom is -0.350 e. The van der Waals surface area contributed by atoms with E-state index in [2.05, 4.69) is 10.6 Å². The standard InChI is InChI=1S/C27H31N3O4S/c1-4-20(3)28-27(32)23-16-10-11-17-24(23)29-26(31)19-30(25-18-12-9-13-21(25)5-2)35(33,34)22-14-7-6-8-15-22/h6-18,20H,4-5,19H2,1-3H3,(H,28,32)(H,29,31)/t20-/m1/s1. The number of nitrogens with one attached hydrogen (secondary N) is 2. The predicted octanol–water partition coefficient (Wildman–Crippen LogP) is 4.61. The molecule has 184 valence electrons. The van der Waals surface area contributed by atoms with Crippen molar-refractivity contribution < 1.29 is 18.0 Å². The van der Waals surface area contributed by atoms with Gasteiger partial charge in [0.1, 0.15) is 6.54 Å². The fourth-order valence-electron chi connectivity index (χ4n) is 3.59. The molecule has 0 saturated carbocycles. The number of hydrogen-bond acceptors (Lipinski definition) is 4. The van der Waals surface area contributed by atoms with Crippen molar-refractivity contribution >= 4 is 33.2 Å². The summed E-state index contributed by atoms with van der Waals surface area (Å²) in [7, 11) is -4.03. The van der Waals surface area contributed by atoms with Gasteiger partial charge in [-0.25, -0.2) is 8.42 Å². The molecule has 0 aromatic heterocycles. The number of carbonyl (C=O) groups excluding carboxylic acids is 2. The zero-order valence-electron chi connectivity index (χ0n) is 20.2. The minimum atomic E-state index is -4.03. The van der Waals surface area contributed by atoms with Crippen molar-refractivity contribution in [3.05, 3.63) is 90.0 Å². The maximum absolute atomic E-state index is 13.6. The van der Waals surface area contributed by atoms with Crippen LogP contribution in [-0.4, -0.2) is 32.8 Å². The van der Waals surface area contributed by atoms with Gasteiger partial charge in [-0.2, -0.15) is 0 Å². The average molecular weight is 494 g/mol. The molecule has 8 heteroatoms. The van der Waals surface area contributed by atoms with Crippen molar-refractivity contribution in [1.82, 2.24) is 5.32 Å². The van der Waals surface area contributed by atoms with Crippen molar-refractivity contribution in [2.24, 2.45) is 0 Å².